The van der Waals surface area contributed by atoms with Gasteiger partial charge in [-0.3, -0.25) is 0 Å². The van der Waals surface area contributed by atoms with Crippen LogP contribution in [0, 0.1) is 0 Å². The summed E-state index contributed by atoms with van der Waals surface area (Å²) in [5.74, 6) is 0.733. The third kappa shape index (κ3) is 2.77. The van der Waals surface area contributed by atoms with Crippen LogP contribution in [0.2, 0.25) is 10.0 Å². The van der Waals surface area contributed by atoms with Crippen LogP contribution in [0.15, 0.2) is 12.1 Å². The van der Waals surface area contributed by atoms with Crippen LogP contribution in [-0.4, -0.2) is 13.2 Å². The normalized spacial score (nSPS) is 12.6. The standard InChI is InChI=1S/C10H13Cl2NO/c1-6(13)3-7-4-8(11)9(12)5-10(7)14-2/h4-6H,3,13H2,1-2H3. The van der Waals surface area contributed by atoms with Crippen molar-refractivity contribution in [1.29, 1.82) is 0 Å². The minimum atomic E-state index is 0.0705. The van der Waals surface area contributed by atoms with E-state index in [1.807, 2.05) is 6.92 Å². The highest BCUT2D eigenvalue weighted by molar-refractivity contribution is 6.42. The number of hydrogen-bond acceptors (Lipinski definition) is 2. The molecular formula is C10H13Cl2NO. The third-order valence-electron chi connectivity index (χ3n) is 1.87. The SMILES string of the molecule is COc1cc(Cl)c(Cl)cc1CC(C)N. The molecule has 0 spiro atoms. The fraction of sp³-hybridized carbons (Fsp3) is 0.400. The Hall–Kier alpha value is -0.440. The lowest BCUT2D eigenvalue weighted by molar-refractivity contribution is 0.408. The van der Waals surface area contributed by atoms with E-state index >= 15 is 0 Å². The predicted molar refractivity (Wildman–Crippen MR) is 60.4 cm³/mol. The molecule has 0 fully saturated rings. The van der Waals surface area contributed by atoms with Crippen LogP contribution >= 0.6 is 23.2 Å². The molecule has 0 aliphatic heterocycles. The van der Waals surface area contributed by atoms with Crippen molar-refractivity contribution in [2.24, 2.45) is 5.73 Å². The van der Waals surface area contributed by atoms with Crippen molar-refractivity contribution in [3.63, 3.8) is 0 Å². The molecule has 1 aromatic carbocycles. The van der Waals surface area contributed by atoms with E-state index in [2.05, 4.69) is 0 Å². The first kappa shape index (κ1) is 11.6. The molecule has 0 radical (unpaired) electrons. The molecule has 2 N–H and O–H groups in total. The van der Waals surface area contributed by atoms with Gasteiger partial charge in [0, 0.05) is 12.1 Å². The van der Waals surface area contributed by atoms with Crippen molar-refractivity contribution in [2.45, 2.75) is 19.4 Å². The first-order valence-electron chi connectivity index (χ1n) is 4.32. The summed E-state index contributed by atoms with van der Waals surface area (Å²) >= 11 is 11.8. The molecule has 0 amide bonds. The number of nitrogens with two attached hydrogens (primary N) is 1. The van der Waals surface area contributed by atoms with Crippen LogP contribution in [0.4, 0.5) is 0 Å². The van der Waals surface area contributed by atoms with Crippen LogP contribution in [0.3, 0.4) is 0 Å². The maximum atomic E-state index is 5.90. The highest BCUT2D eigenvalue weighted by Crippen LogP contribution is 2.30. The molecule has 0 saturated heterocycles. The molecule has 0 aliphatic rings. The van der Waals surface area contributed by atoms with E-state index in [-0.39, 0.29) is 6.04 Å². The molecule has 1 aromatic rings. The molecular weight excluding hydrogens is 221 g/mol. The average molecular weight is 234 g/mol. The Balaban J connectivity index is 3.07. The van der Waals surface area contributed by atoms with Gasteiger partial charge in [-0.05, 0) is 25.0 Å². The minimum absolute atomic E-state index is 0.0705. The first-order valence-corrected chi connectivity index (χ1v) is 5.07. The summed E-state index contributed by atoms with van der Waals surface area (Å²) in [7, 11) is 1.60. The van der Waals surface area contributed by atoms with Crippen molar-refractivity contribution in [1.82, 2.24) is 0 Å². The Morgan fingerprint density at radius 2 is 1.93 bits per heavy atom. The summed E-state index contributed by atoms with van der Waals surface area (Å²) in [5.41, 5.74) is 6.69. The monoisotopic (exact) mass is 233 g/mol. The number of methoxy groups -OCH3 is 1. The Morgan fingerprint density at radius 3 is 2.43 bits per heavy atom. The Bertz CT molecular complexity index is 326. The Kier molecular flexibility index (Phi) is 4.05. The fourth-order valence-electron chi connectivity index (χ4n) is 1.27. The van der Waals surface area contributed by atoms with E-state index in [0.29, 0.717) is 10.0 Å². The zero-order valence-corrected chi connectivity index (χ0v) is 9.69. The molecule has 0 aliphatic carbocycles. The third-order valence-corrected chi connectivity index (χ3v) is 2.59. The van der Waals surface area contributed by atoms with Gasteiger partial charge < -0.3 is 10.5 Å². The van der Waals surface area contributed by atoms with Crippen molar-refractivity contribution in [2.75, 3.05) is 7.11 Å². The second-order valence-electron chi connectivity index (χ2n) is 3.26. The van der Waals surface area contributed by atoms with E-state index in [1.165, 1.54) is 0 Å². The minimum Gasteiger partial charge on any atom is -0.496 e. The smallest absolute Gasteiger partial charge is 0.123 e. The Labute approximate surface area is 94.0 Å². The molecule has 0 heterocycles. The molecule has 78 valence electrons. The molecule has 0 saturated carbocycles. The second kappa shape index (κ2) is 4.87. The average Bonchev–Trinajstić information content (AvgIpc) is 2.10. The molecule has 0 bridgehead atoms. The number of halogens is 2. The van der Waals surface area contributed by atoms with E-state index in [4.69, 9.17) is 33.7 Å². The van der Waals surface area contributed by atoms with Gasteiger partial charge in [-0.15, -0.1) is 0 Å². The van der Waals surface area contributed by atoms with Gasteiger partial charge in [0.15, 0.2) is 0 Å². The summed E-state index contributed by atoms with van der Waals surface area (Å²) in [6, 6.07) is 3.58. The van der Waals surface area contributed by atoms with E-state index < -0.39 is 0 Å². The maximum Gasteiger partial charge on any atom is 0.123 e. The molecule has 0 aromatic heterocycles. The highest BCUT2D eigenvalue weighted by Gasteiger charge is 2.09. The van der Waals surface area contributed by atoms with E-state index in [0.717, 1.165) is 17.7 Å². The van der Waals surface area contributed by atoms with Gasteiger partial charge in [0.25, 0.3) is 0 Å². The van der Waals surface area contributed by atoms with Crippen LogP contribution in [0.25, 0.3) is 0 Å². The molecule has 1 rings (SSSR count). The summed E-state index contributed by atoms with van der Waals surface area (Å²) < 4.78 is 5.18. The maximum absolute atomic E-state index is 5.90. The van der Waals surface area contributed by atoms with Gasteiger partial charge in [0.1, 0.15) is 5.75 Å². The van der Waals surface area contributed by atoms with Crippen LogP contribution in [0.5, 0.6) is 5.75 Å². The van der Waals surface area contributed by atoms with E-state index in [1.54, 1.807) is 19.2 Å². The predicted octanol–water partition coefficient (Wildman–Crippen LogP) is 2.89. The van der Waals surface area contributed by atoms with Gasteiger partial charge in [-0.1, -0.05) is 23.2 Å². The Morgan fingerprint density at radius 1 is 1.36 bits per heavy atom. The number of ether oxygens (including phenoxy) is 1. The van der Waals surface area contributed by atoms with Crippen LogP contribution < -0.4 is 10.5 Å². The lowest BCUT2D eigenvalue weighted by Crippen LogP contribution is -2.18. The number of rotatable bonds is 3. The summed E-state index contributed by atoms with van der Waals surface area (Å²) in [4.78, 5) is 0. The molecule has 1 unspecified atom stereocenters. The summed E-state index contributed by atoms with van der Waals surface area (Å²) in [6.07, 6.45) is 0.722. The van der Waals surface area contributed by atoms with Crippen molar-refractivity contribution >= 4 is 23.2 Å². The van der Waals surface area contributed by atoms with Gasteiger partial charge in [-0.2, -0.15) is 0 Å². The van der Waals surface area contributed by atoms with Crippen molar-refractivity contribution in [3.8, 4) is 5.75 Å². The quantitative estimate of drug-likeness (QED) is 0.872. The largest absolute Gasteiger partial charge is 0.496 e. The van der Waals surface area contributed by atoms with Crippen LogP contribution in [0.1, 0.15) is 12.5 Å². The zero-order chi connectivity index (χ0) is 10.7. The highest BCUT2D eigenvalue weighted by atomic mass is 35.5. The van der Waals surface area contributed by atoms with Gasteiger partial charge in [0.05, 0.1) is 17.2 Å². The van der Waals surface area contributed by atoms with Gasteiger partial charge in [0.2, 0.25) is 0 Å². The van der Waals surface area contributed by atoms with Crippen molar-refractivity contribution < 1.29 is 4.74 Å². The molecule has 4 heteroatoms. The summed E-state index contributed by atoms with van der Waals surface area (Å²) in [6.45, 7) is 1.93. The summed E-state index contributed by atoms with van der Waals surface area (Å²) in [5, 5.41) is 1.03. The molecule has 2 nitrogen and oxygen atoms in total. The lowest BCUT2D eigenvalue weighted by atomic mass is 10.1. The second-order valence-corrected chi connectivity index (χ2v) is 4.07. The van der Waals surface area contributed by atoms with Crippen molar-refractivity contribution in [3.05, 3.63) is 27.7 Å². The van der Waals surface area contributed by atoms with E-state index in [9.17, 15) is 0 Å². The lowest BCUT2D eigenvalue weighted by Gasteiger charge is -2.11. The molecule has 14 heavy (non-hydrogen) atoms. The fourth-order valence-corrected chi connectivity index (χ4v) is 1.61. The van der Waals surface area contributed by atoms with Crippen LogP contribution in [-0.2, 0) is 6.42 Å². The zero-order valence-electron chi connectivity index (χ0n) is 8.18. The van der Waals surface area contributed by atoms with Gasteiger partial charge >= 0.3 is 0 Å². The van der Waals surface area contributed by atoms with Gasteiger partial charge in [-0.25, -0.2) is 0 Å². The topological polar surface area (TPSA) is 35.2 Å². The molecule has 1 atom stereocenters. The number of hydrogen-bond donors (Lipinski definition) is 1. The first-order chi connectivity index (χ1) is 6.54. The number of benzene rings is 1.